The van der Waals surface area contributed by atoms with Gasteiger partial charge in [0.05, 0.1) is 6.54 Å². The van der Waals surface area contributed by atoms with E-state index in [0.717, 1.165) is 4.88 Å². The van der Waals surface area contributed by atoms with Gasteiger partial charge in [0, 0.05) is 29.2 Å². The van der Waals surface area contributed by atoms with Gasteiger partial charge in [0.15, 0.2) is 0 Å². The molecule has 0 saturated carbocycles. The lowest BCUT2D eigenvalue weighted by molar-refractivity contribution is 0.0754. The minimum absolute atomic E-state index is 0.114. The second-order valence-electron chi connectivity index (χ2n) is 3.84. The molecule has 94 valence electrons. The molecule has 0 aliphatic carbocycles. The van der Waals surface area contributed by atoms with Gasteiger partial charge in [0.1, 0.15) is 0 Å². The second kappa shape index (κ2) is 5.64. The number of hydrogen-bond acceptors (Lipinski definition) is 3. The minimum atomic E-state index is -0.256. The number of pyridine rings is 1. The Morgan fingerprint density at radius 3 is 2.89 bits per heavy atom. The molecule has 5 heteroatoms. The van der Waals surface area contributed by atoms with E-state index in [2.05, 4.69) is 4.98 Å². The Labute approximate surface area is 109 Å². The summed E-state index contributed by atoms with van der Waals surface area (Å²) in [5.74, 6) is -0.114. The number of thiophene rings is 1. The minimum Gasteiger partial charge on any atom is -0.334 e. The number of aromatic nitrogens is 1. The van der Waals surface area contributed by atoms with E-state index in [0.29, 0.717) is 18.7 Å². The average molecular weight is 262 g/mol. The number of nitrogens with zero attached hydrogens (tertiary/aromatic N) is 1. The number of hydrogen-bond donors (Lipinski definition) is 1. The van der Waals surface area contributed by atoms with Crippen LogP contribution in [-0.2, 0) is 6.54 Å². The van der Waals surface area contributed by atoms with Gasteiger partial charge in [-0.25, -0.2) is 0 Å². The maximum absolute atomic E-state index is 12.2. The van der Waals surface area contributed by atoms with E-state index in [-0.39, 0.29) is 11.5 Å². The van der Waals surface area contributed by atoms with Crippen LogP contribution < -0.4 is 5.56 Å². The summed E-state index contributed by atoms with van der Waals surface area (Å²) in [7, 11) is 0. The van der Waals surface area contributed by atoms with Gasteiger partial charge in [-0.05, 0) is 24.4 Å². The van der Waals surface area contributed by atoms with E-state index < -0.39 is 0 Å². The first kappa shape index (κ1) is 12.6. The van der Waals surface area contributed by atoms with E-state index in [4.69, 9.17) is 0 Å². The van der Waals surface area contributed by atoms with Crippen LogP contribution in [0.2, 0.25) is 0 Å². The van der Waals surface area contributed by atoms with E-state index in [1.54, 1.807) is 22.3 Å². The van der Waals surface area contributed by atoms with Gasteiger partial charge in [-0.3, -0.25) is 9.59 Å². The Morgan fingerprint density at radius 1 is 1.44 bits per heavy atom. The smallest absolute Gasteiger partial charge is 0.254 e. The summed E-state index contributed by atoms with van der Waals surface area (Å²) >= 11 is 1.62. The number of carbonyl (C=O) groups excluding carboxylic acids is 1. The molecule has 0 aliphatic heterocycles. The summed E-state index contributed by atoms with van der Waals surface area (Å²) < 4.78 is 0. The van der Waals surface area contributed by atoms with E-state index in [1.165, 1.54) is 12.3 Å². The van der Waals surface area contributed by atoms with Crippen molar-refractivity contribution in [2.75, 3.05) is 6.54 Å². The van der Waals surface area contributed by atoms with Crippen LogP contribution in [0.4, 0.5) is 0 Å². The van der Waals surface area contributed by atoms with Crippen molar-refractivity contribution in [1.82, 2.24) is 9.88 Å². The molecule has 0 fully saturated rings. The second-order valence-corrected chi connectivity index (χ2v) is 4.87. The zero-order valence-corrected chi connectivity index (χ0v) is 10.9. The number of H-pyrrole nitrogens is 1. The molecule has 0 atom stereocenters. The highest BCUT2D eigenvalue weighted by Crippen LogP contribution is 2.13. The highest BCUT2D eigenvalue weighted by atomic mass is 32.1. The lowest BCUT2D eigenvalue weighted by Crippen LogP contribution is -2.30. The molecule has 0 aromatic carbocycles. The first-order valence-electron chi connectivity index (χ1n) is 5.71. The molecule has 4 nitrogen and oxygen atoms in total. The summed E-state index contributed by atoms with van der Waals surface area (Å²) in [6.45, 7) is 3.13. The van der Waals surface area contributed by atoms with Crippen LogP contribution in [0.5, 0.6) is 0 Å². The molecule has 0 unspecified atom stereocenters. The molecule has 2 aromatic heterocycles. The summed E-state index contributed by atoms with van der Waals surface area (Å²) in [6.07, 6.45) is 1.49. The predicted octanol–water partition coefficient (Wildman–Crippen LogP) is 2.10. The number of nitrogens with one attached hydrogen (secondary N) is 1. The van der Waals surface area contributed by atoms with Crippen molar-refractivity contribution in [2.45, 2.75) is 13.5 Å². The normalized spacial score (nSPS) is 10.3. The van der Waals surface area contributed by atoms with E-state index >= 15 is 0 Å². The van der Waals surface area contributed by atoms with Crippen molar-refractivity contribution in [1.29, 1.82) is 0 Å². The number of rotatable bonds is 4. The molecule has 0 spiro atoms. The lowest BCUT2D eigenvalue weighted by atomic mass is 10.2. The highest BCUT2D eigenvalue weighted by molar-refractivity contribution is 7.09. The largest absolute Gasteiger partial charge is 0.334 e. The maximum Gasteiger partial charge on any atom is 0.254 e. The molecule has 1 N–H and O–H groups in total. The van der Waals surface area contributed by atoms with Gasteiger partial charge in [-0.1, -0.05) is 6.07 Å². The Kier molecular flexibility index (Phi) is 3.94. The number of amides is 1. The highest BCUT2D eigenvalue weighted by Gasteiger charge is 2.15. The Bertz CT molecular complexity index is 575. The molecular weight excluding hydrogens is 248 g/mol. The number of aromatic amines is 1. The molecule has 2 aromatic rings. The Hall–Kier alpha value is -1.88. The van der Waals surface area contributed by atoms with Crippen LogP contribution in [0.15, 0.2) is 40.6 Å². The summed E-state index contributed by atoms with van der Waals surface area (Å²) in [4.78, 5) is 28.8. The van der Waals surface area contributed by atoms with Crippen LogP contribution in [0, 0.1) is 0 Å². The van der Waals surface area contributed by atoms with Crippen molar-refractivity contribution in [2.24, 2.45) is 0 Å². The van der Waals surface area contributed by atoms with Crippen LogP contribution in [0.25, 0.3) is 0 Å². The average Bonchev–Trinajstić information content (AvgIpc) is 2.88. The van der Waals surface area contributed by atoms with Crippen LogP contribution in [-0.4, -0.2) is 22.3 Å². The van der Waals surface area contributed by atoms with Crippen molar-refractivity contribution >= 4 is 17.2 Å². The van der Waals surface area contributed by atoms with Gasteiger partial charge in [0.2, 0.25) is 5.56 Å². The molecular formula is C13H14N2O2S. The van der Waals surface area contributed by atoms with Crippen LogP contribution >= 0.6 is 11.3 Å². The third kappa shape index (κ3) is 2.87. The first-order valence-corrected chi connectivity index (χ1v) is 6.59. The topological polar surface area (TPSA) is 53.2 Å². The predicted molar refractivity (Wildman–Crippen MR) is 71.8 cm³/mol. The lowest BCUT2D eigenvalue weighted by Gasteiger charge is -2.19. The summed E-state index contributed by atoms with van der Waals surface area (Å²) in [6, 6.07) is 6.92. The van der Waals surface area contributed by atoms with Crippen molar-refractivity contribution in [3.63, 3.8) is 0 Å². The third-order valence-corrected chi connectivity index (χ3v) is 3.48. The maximum atomic E-state index is 12.2. The van der Waals surface area contributed by atoms with Crippen molar-refractivity contribution in [3.8, 4) is 0 Å². The summed E-state index contributed by atoms with van der Waals surface area (Å²) in [5.41, 5.74) is 0.171. The molecule has 0 aliphatic rings. The van der Waals surface area contributed by atoms with E-state index in [9.17, 15) is 9.59 Å². The molecule has 18 heavy (non-hydrogen) atoms. The van der Waals surface area contributed by atoms with Crippen molar-refractivity contribution < 1.29 is 4.79 Å². The molecule has 0 saturated heterocycles. The molecule has 2 heterocycles. The van der Waals surface area contributed by atoms with Crippen LogP contribution in [0.1, 0.15) is 22.2 Å². The SMILES string of the molecule is CCN(Cc1cccs1)C(=O)c1cc[nH]c(=O)c1. The monoisotopic (exact) mass is 262 g/mol. The van der Waals surface area contributed by atoms with Gasteiger partial charge in [-0.15, -0.1) is 11.3 Å². The van der Waals surface area contributed by atoms with Crippen LogP contribution in [0.3, 0.4) is 0 Å². The zero-order chi connectivity index (χ0) is 13.0. The number of carbonyl (C=O) groups is 1. The molecule has 0 bridgehead atoms. The zero-order valence-electron chi connectivity index (χ0n) is 10.1. The Balaban J connectivity index is 2.17. The molecule has 2 rings (SSSR count). The van der Waals surface area contributed by atoms with Crippen molar-refractivity contribution in [3.05, 3.63) is 56.6 Å². The van der Waals surface area contributed by atoms with E-state index in [1.807, 2.05) is 24.4 Å². The van der Waals surface area contributed by atoms with Gasteiger partial charge in [-0.2, -0.15) is 0 Å². The Morgan fingerprint density at radius 2 is 2.28 bits per heavy atom. The van der Waals surface area contributed by atoms with Gasteiger partial charge >= 0.3 is 0 Å². The third-order valence-electron chi connectivity index (χ3n) is 2.62. The first-order chi connectivity index (χ1) is 8.70. The van der Waals surface area contributed by atoms with Gasteiger partial charge < -0.3 is 9.88 Å². The fourth-order valence-corrected chi connectivity index (χ4v) is 2.40. The summed E-state index contributed by atoms with van der Waals surface area (Å²) in [5, 5.41) is 1.99. The molecule has 1 amide bonds. The fourth-order valence-electron chi connectivity index (χ4n) is 1.68. The fraction of sp³-hybridized carbons (Fsp3) is 0.231. The van der Waals surface area contributed by atoms with Gasteiger partial charge in [0.25, 0.3) is 5.91 Å². The molecule has 0 radical (unpaired) electrons. The standard InChI is InChI=1S/C13H14N2O2S/c1-2-15(9-11-4-3-7-18-11)13(17)10-5-6-14-12(16)8-10/h3-8H,2,9H2,1H3,(H,14,16). The quantitative estimate of drug-likeness (QED) is 0.917.